The van der Waals surface area contributed by atoms with Gasteiger partial charge in [0, 0.05) is 32.1 Å². The number of aliphatic hydroxyl groups is 1. The van der Waals surface area contributed by atoms with E-state index in [-0.39, 0.29) is 24.3 Å². The normalized spacial score (nSPS) is 23.8. The fourth-order valence-electron chi connectivity index (χ4n) is 5.89. The third-order valence-corrected chi connectivity index (χ3v) is 8.06. The Kier molecular flexibility index (Phi) is 5.18. The molecule has 6 rings (SSSR count). The zero-order valence-electron chi connectivity index (χ0n) is 21.2. The van der Waals surface area contributed by atoms with Crippen LogP contribution in [0.25, 0.3) is 22.2 Å². The quantitative estimate of drug-likeness (QED) is 0.367. The van der Waals surface area contributed by atoms with E-state index in [4.69, 9.17) is 16.2 Å². The molecule has 2 fully saturated rings. The molecular weight excluding hydrogens is 474 g/mol. The second kappa shape index (κ2) is 8.12. The van der Waals surface area contributed by atoms with Crippen LogP contribution in [0.3, 0.4) is 0 Å². The minimum absolute atomic E-state index is 0.0137. The van der Waals surface area contributed by atoms with Crippen LogP contribution in [0, 0.1) is 6.92 Å². The van der Waals surface area contributed by atoms with Crippen LogP contribution in [0.1, 0.15) is 48.4 Å². The molecular formula is C25H31N9O3. The van der Waals surface area contributed by atoms with Gasteiger partial charge in [0.2, 0.25) is 5.95 Å². The first kappa shape index (κ1) is 23.6. The highest BCUT2D eigenvalue weighted by Gasteiger charge is 2.50. The largest absolute Gasteiger partial charge is 0.388 e. The molecule has 12 heteroatoms. The van der Waals surface area contributed by atoms with Gasteiger partial charge in [0.1, 0.15) is 11.3 Å². The average molecular weight is 506 g/mol. The second-order valence-electron chi connectivity index (χ2n) is 10.5. The molecule has 0 radical (unpaired) electrons. The summed E-state index contributed by atoms with van der Waals surface area (Å²) in [5, 5.41) is 11.6. The zero-order valence-corrected chi connectivity index (χ0v) is 21.2. The molecule has 4 aromatic rings. The van der Waals surface area contributed by atoms with Crippen molar-refractivity contribution in [2.75, 3.05) is 31.2 Å². The predicted octanol–water partition coefficient (Wildman–Crippen LogP) is 1.57. The van der Waals surface area contributed by atoms with Crippen molar-refractivity contribution in [1.29, 1.82) is 0 Å². The molecule has 12 nitrogen and oxygen atoms in total. The number of aromatic nitrogens is 6. The van der Waals surface area contributed by atoms with Crippen molar-refractivity contribution in [2.45, 2.75) is 50.4 Å². The van der Waals surface area contributed by atoms with E-state index in [1.165, 1.54) is 0 Å². The topological polar surface area (TPSA) is 163 Å². The van der Waals surface area contributed by atoms with E-state index >= 15 is 0 Å². The third-order valence-electron chi connectivity index (χ3n) is 8.06. The van der Waals surface area contributed by atoms with Crippen LogP contribution in [-0.2, 0) is 11.8 Å². The fraction of sp³-hybridized carbons (Fsp3) is 0.480. The van der Waals surface area contributed by atoms with Gasteiger partial charge in [-0.3, -0.25) is 4.79 Å². The Labute approximate surface area is 213 Å². The average Bonchev–Trinajstić information content (AvgIpc) is 3.39. The summed E-state index contributed by atoms with van der Waals surface area (Å²) in [6, 6.07) is 5.24. The number of likely N-dealkylation sites (tertiary alicyclic amines) is 1. The Bertz CT molecular complexity index is 1530. The summed E-state index contributed by atoms with van der Waals surface area (Å²) in [5.74, 6) is 1.14. The fourth-order valence-corrected chi connectivity index (χ4v) is 5.89. The summed E-state index contributed by atoms with van der Waals surface area (Å²) < 4.78 is 10.2. The summed E-state index contributed by atoms with van der Waals surface area (Å²) >= 11 is 0. The number of fused-ring (bicyclic) bond motifs is 2. The third kappa shape index (κ3) is 3.78. The van der Waals surface area contributed by atoms with Crippen LogP contribution in [0.4, 0.5) is 11.8 Å². The number of imidazole rings is 2. The van der Waals surface area contributed by atoms with Crippen molar-refractivity contribution in [3.8, 4) is 0 Å². The van der Waals surface area contributed by atoms with E-state index in [0.717, 1.165) is 16.9 Å². The highest BCUT2D eigenvalue weighted by atomic mass is 16.5. The lowest BCUT2D eigenvalue weighted by atomic mass is 9.75. The molecule has 5 heterocycles. The molecule has 0 bridgehead atoms. The van der Waals surface area contributed by atoms with Crippen LogP contribution < -0.4 is 11.5 Å². The van der Waals surface area contributed by atoms with Gasteiger partial charge in [-0.15, -0.1) is 0 Å². The highest BCUT2D eigenvalue weighted by molar-refractivity contribution is 5.97. The van der Waals surface area contributed by atoms with E-state index in [0.29, 0.717) is 49.1 Å². The molecule has 2 aliphatic rings. The SMILES string of the molecule is Cc1nc2cc(C(=O)N3CCC4(CC3)C[C@@](C)(O)[C@H](n3cnc5c(N)nc(N)nc53)CO4)ccc2n1C. The summed E-state index contributed by atoms with van der Waals surface area (Å²) in [4.78, 5) is 32.3. The number of benzene rings is 1. The number of anilines is 2. The number of ether oxygens (including phenoxy) is 1. The molecule has 5 N–H and O–H groups in total. The van der Waals surface area contributed by atoms with E-state index in [1.807, 2.05) is 48.6 Å². The monoisotopic (exact) mass is 505 g/mol. The molecule has 0 saturated carbocycles. The van der Waals surface area contributed by atoms with Crippen molar-refractivity contribution in [3.63, 3.8) is 0 Å². The number of carbonyl (C=O) groups excluding carboxylic acids is 1. The number of nitrogens with two attached hydrogens (primary N) is 2. The number of aryl methyl sites for hydroxylation is 2. The number of nitrogens with zero attached hydrogens (tertiary/aromatic N) is 7. The first-order chi connectivity index (χ1) is 17.6. The van der Waals surface area contributed by atoms with Crippen molar-refractivity contribution >= 4 is 39.9 Å². The van der Waals surface area contributed by atoms with Crippen LogP contribution in [0.2, 0.25) is 0 Å². The molecule has 2 atom stereocenters. The molecule has 37 heavy (non-hydrogen) atoms. The van der Waals surface area contributed by atoms with E-state index in [2.05, 4.69) is 19.9 Å². The Balaban J connectivity index is 1.17. The first-order valence-electron chi connectivity index (χ1n) is 12.4. The number of carbonyl (C=O) groups is 1. The van der Waals surface area contributed by atoms with Gasteiger partial charge in [0.05, 0.1) is 41.2 Å². The maximum absolute atomic E-state index is 13.3. The van der Waals surface area contributed by atoms with Gasteiger partial charge >= 0.3 is 0 Å². The summed E-state index contributed by atoms with van der Waals surface area (Å²) in [6.45, 7) is 5.12. The lowest BCUT2D eigenvalue weighted by Crippen LogP contribution is -2.58. The highest BCUT2D eigenvalue weighted by Crippen LogP contribution is 2.44. The summed E-state index contributed by atoms with van der Waals surface area (Å²) in [6.07, 6.45) is 3.29. The predicted molar refractivity (Wildman–Crippen MR) is 138 cm³/mol. The van der Waals surface area contributed by atoms with E-state index in [9.17, 15) is 9.90 Å². The van der Waals surface area contributed by atoms with Crippen molar-refractivity contribution in [2.24, 2.45) is 7.05 Å². The van der Waals surface area contributed by atoms with Crippen molar-refractivity contribution in [1.82, 2.24) is 34.0 Å². The van der Waals surface area contributed by atoms with Crippen LogP contribution in [-0.4, -0.2) is 75.9 Å². The molecule has 194 valence electrons. The Morgan fingerprint density at radius 2 is 1.95 bits per heavy atom. The minimum Gasteiger partial charge on any atom is -0.388 e. The van der Waals surface area contributed by atoms with Gasteiger partial charge in [0.15, 0.2) is 11.5 Å². The van der Waals surface area contributed by atoms with Crippen LogP contribution in [0.15, 0.2) is 24.5 Å². The number of amides is 1. The molecule has 2 aliphatic heterocycles. The number of hydrogen-bond acceptors (Lipinski definition) is 9. The molecule has 1 aromatic carbocycles. The molecule has 1 amide bonds. The summed E-state index contributed by atoms with van der Waals surface area (Å²) in [7, 11) is 1.97. The number of nitrogen functional groups attached to an aromatic ring is 2. The maximum Gasteiger partial charge on any atom is 0.253 e. The van der Waals surface area contributed by atoms with Gasteiger partial charge in [-0.1, -0.05) is 0 Å². The van der Waals surface area contributed by atoms with Gasteiger partial charge in [0.25, 0.3) is 5.91 Å². The van der Waals surface area contributed by atoms with E-state index in [1.54, 1.807) is 10.9 Å². The number of piperidine rings is 1. The lowest BCUT2D eigenvalue weighted by Gasteiger charge is -2.51. The van der Waals surface area contributed by atoms with Gasteiger partial charge in [-0.2, -0.15) is 9.97 Å². The van der Waals surface area contributed by atoms with Crippen molar-refractivity contribution < 1.29 is 14.6 Å². The number of hydrogen-bond donors (Lipinski definition) is 3. The van der Waals surface area contributed by atoms with Crippen molar-refractivity contribution in [3.05, 3.63) is 35.9 Å². The van der Waals surface area contributed by atoms with Gasteiger partial charge in [-0.05, 0) is 44.9 Å². The molecule has 1 spiro atoms. The molecule has 0 unspecified atom stereocenters. The zero-order chi connectivity index (χ0) is 26.1. The lowest BCUT2D eigenvalue weighted by molar-refractivity contribution is -0.194. The Morgan fingerprint density at radius 1 is 1.19 bits per heavy atom. The van der Waals surface area contributed by atoms with Gasteiger partial charge in [-0.25, -0.2) is 9.97 Å². The Hall–Kier alpha value is -3.77. The van der Waals surface area contributed by atoms with E-state index < -0.39 is 17.2 Å². The standard InChI is InChI=1S/C25H31N9O3/c1-14-29-16-10-15(4-5-17(16)32(14)3)22(35)33-8-6-25(7-9-33)12-24(2,36)18(11-37-25)34-13-28-19-20(26)30-23(27)31-21(19)34/h4-5,10,13,18,36H,6-9,11-12H2,1-3H3,(H4,26,27,30,31)/t18-,24-/m1/s1. The van der Waals surface area contributed by atoms with Crippen LogP contribution in [0.5, 0.6) is 0 Å². The molecule has 3 aromatic heterocycles. The molecule has 2 saturated heterocycles. The van der Waals surface area contributed by atoms with Crippen LogP contribution >= 0.6 is 0 Å². The minimum atomic E-state index is -1.10. The smallest absolute Gasteiger partial charge is 0.253 e. The Morgan fingerprint density at radius 3 is 2.68 bits per heavy atom. The number of rotatable bonds is 2. The second-order valence-corrected chi connectivity index (χ2v) is 10.5. The van der Waals surface area contributed by atoms with Gasteiger partial charge < -0.3 is 35.3 Å². The maximum atomic E-state index is 13.3. The first-order valence-corrected chi connectivity index (χ1v) is 12.4. The molecule has 0 aliphatic carbocycles. The summed E-state index contributed by atoms with van der Waals surface area (Å²) in [5.41, 5.74) is 13.5.